The van der Waals surface area contributed by atoms with Crippen molar-refractivity contribution in [2.75, 3.05) is 10.7 Å². The van der Waals surface area contributed by atoms with Crippen molar-refractivity contribution < 1.29 is 0 Å². The average molecular weight is 279 g/mol. The number of hydrazine groups is 1. The average Bonchev–Trinajstić information content (AvgIpc) is 2.81. The lowest BCUT2D eigenvalue weighted by molar-refractivity contribution is 0.546. The maximum absolute atomic E-state index is 5.45. The van der Waals surface area contributed by atoms with E-state index in [0.29, 0.717) is 5.95 Å². The van der Waals surface area contributed by atoms with Crippen molar-refractivity contribution in [3.05, 3.63) is 10.9 Å². The Morgan fingerprint density at radius 1 is 1.32 bits per heavy atom. The summed E-state index contributed by atoms with van der Waals surface area (Å²) in [5, 5.41) is 4.55. The first kappa shape index (κ1) is 14.0. The molecule has 19 heavy (non-hydrogen) atoms. The molecular formula is C13H21N5S. The Balaban J connectivity index is 2.53. The summed E-state index contributed by atoms with van der Waals surface area (Å²) in [5.74, 6) is 6.75. The van der Waals surface area contributed by atoms with Gasteiger partial charge >= 0.3 is 0 Å². The number of thiophene rings is 1. The normalized spacial score (nSPS) is 11.8. The molecule has 0 aromatic carbocycles. The summed E-state index contributed by atoms with van der Waals surface area (Å²) in [7, 11) is 0. The maximum Gasteiger partial charge on any atom is 0.240 e. The Labute approximate surface area is 117 Å². The van der Waals surface area contributed by atoms with Gasteiger partial charge in [0, 0.05) is 10.4 Å². The number of hydrogen-bond acceptors (Lipinski definition) is 6. The van der Waals surface area contributed by atoms with Gasteiger partial charge in [-0.25, -0.2) is 10.8 Å². The second kappa shape index (κ2) is 5.30. The van der Waals surface area contributed by atoms with Gasteiger partial charge in [-0.3, -0.25) is 5.43 Å². The smallest absolute Gasteiger partial charge is 0.240 e. The standard InChI is InChI=1S/C13H21N5S/c1-5-8-7-9-10(17-13(3,4)6-2)15-12(18-14)16-11(9)19-8/h7H,5-6,14H2,1-4H3,(H2,15,16,17,18). The van der Waals surface area contributed by atoms with Crippen LogP contribution in [-0.2, 0) is 6.42 Å². The van der Waals surface area contributed by atoms with E-state index in [-0.39, 0.29) is 5.54 Å². The molecule has 0 aliphatic carbocycles. The molecular weight excluding hydrogens is 258 g/mol. The van der Waals surface area contributed by atoms with Gasteiger partial charge in [-0.15, -0.1) is 11.3 Å². The third kappa shape index (κ3) is 2.96. The van der Waals surface area contributed by atoms with Gasteiger partial charge in [0.05, 0.1) is 5.39 Å². The largest absolute Gasteiger partial charge is 0.364 e. The lowest BCUT2D eigenvalue weighted by atomic mass is 10.0. The summed E-state index contributed by atoms with van der Waals surface area (Å²) < 4.78 is 0. The van der Waals surface area contributed by atoms with Crippen LogP contribution in [0.3, 0.4) is 0 Å². The van der Waals surface area contributed by atoms with Crippen LogP contribution in [0.15, 0.2) is 6.07 Å². The molecule has 0 radical (unpaired) electrons. The van der Waals surface area contributed by atoms with Crippen LogP contribution in [-0.4, -0.2) is 15.5 Å². The maximum atomic E-state index is 5.45. The van der Waals surface area contributed by atoms with Crippen LogP contribution < -0.4 is 16.6 Å². The fourth-order valence-electron chi connectivity index (χ4n) is 1.71. The zero-order chi connectivity index (χ0) is 14.0. The molecule has 0 aliphatic rings. The van der Waals surface area contributed by atoms with Gasteiger partial charge in [0.15, 0.2) is 0 Å². The number of nitrogen functional groups attached to an aromatic ring is 1. The first-order valence-electron chi connectivity index (χ1n) is 6.54. The molecule has 0 aliphatic heterocycles. The number of rotatable bonds is 5. The fraction of sp³-hybridized carbons (Fsp3) is 0.538. The van der Waals surface area contributed by atoms with Gasteiger partial charge in [-0.2, -0.15) is 4.98 Å². The summed E-state index contributed by atoms with van der Waals surface area (Å²) in [6, 6.07) is 2.16. The van der Waals surface area contributed by atoms with Crippen LogP contribution in [0.1, 0.15) is 39.0 Å². The van der Waals surface area contributed by atoms with E-state index >= 15 is 0 Å². The summed E-state index contributed by atoms with van der Waals surface area (Å²) >= 11 is 1.69. The molecule has 0 bridgehead atoms. The molecule has 2 heterocycles. The van der Waals surface area contributed by atoms with E-state index in [1.54, 1.807) is 11.3 Å². The number of anilines is 2. The van der Waals surface area contributed by atoms with Gasteiger partial charge in [0.1, 0.15) is 10.6 Å². The van der Waals surface area contributed by atoms with E-state index in [1.807, 2.05) is 0 Å². The second-order valence-corrected chi connectivity index (χ2v) is 6.30. The highest BCUT2D eigenvalue weighted by Crippen LogP contribution is 2.32. The van der Waals surface area contributed by atoms with Crippen LogP contribution >= 0.6 is 11.3 Å². The van der Waals surface area contributed by atoms with Crippen LogP contribution in [0, 0.1) is 0 Å². The summed E-state index contributed by atoms with van der Waals surface area (Å²) in [4.78, 5) is 11.1. The number of aryl methyl sites for hydroxylation is 1. The first-order chi connectivity index (χ1) is 8.99. The zero-order valence-corrected chi connectivity index (χ0v) is 12.7. The highest BCUT2D eigenvalue weighted by atomic mass is 32.1. The molecule has 6 heteroatoms. The van der Waals surface area contributed by atoms with Crippen molar-refractivity contribution in [2.24, 2.45) is 5.84 Å². The highest BCUT2D eigenvalue weighted by molar-refractivity contribution is 7.18. The van der Waals surface area contributed by atoms with Gasteiger partial charge < -0.3 is 5.32 Å². The molecule has 2 aromatic heterocycles. The molecule has 4 N–H and O–H groups in total. The van der Waals surface area contributed by atoms with Crippen molar-refractivity contribution in [2.45, 2.75) is 46.1 Å². The Morgan fingerprint density at radius 3 is 2.63 bits per heavy atom. The molecule has 5 nitrogen and oxygen atoms in total. The number of nitrogens with one attached hydrogen (secondary N) is 2. The summed E-state index contributed by atoms with van der Waals surface area (Å²) in [6.45, 7) is 8.61. The molecule has 2 aromatic rings. The molecule has 0 unspecified atom stereocenters. The van der Waals surface area contributed by atoms with E-state index in [1.165, 1.54) is 4.88 Å². The van der Waals surface area contributed by atoms with Crippen LogP contribution in [0.4, 0.5) is 11.8 Å². The van der Waals surface area contributed by atoms with E-state index in [9.17, 15) is 0 Å². The molecule has 0 fully saturated rings. The molecule has 0 spiro atoms. The van der Waals surface area contributed by atoms with Gasteiger partial charge in [-0.1, -0.05) is 13.8 Å². The van der Waals surface area contributed by atoms with Gasteiger partial charge in [0.2, 0.25) is 5.95 Å². The van der Waals surface area contributed by atoms with Crippen LogP contribution in [0.5, 0.6) is 0 Å². The molecule has 0 amide bonds. The van der Waals surface area contributed by atoms with Crippen molar-refractivity contribution in [1.82, 2.24) is 9.97 Å². The van der Waals surface area contributed by atoms with Crippen LogP contribution in [0.25, 0.3) is 10.2 Å². The molecule has 0 saturated heterocycles. The topological polar surface area (TPSA) is 75.9 Å². The number of hydrogen-bond donors (Lipinski definition) is 3. The SMILES string of the molecule is CCc1cc2c(NC(C)(C)CC)nc(NN)nc2s1. The third-order valence-corrected chi connectivity index (χ3v) is 4.44. The highest BCUT2D eigenvalue weighted by Gasteiger charge is 2.19. The Bertz CT molecular complexity index is 576. The van der Waals surface area contributed by atoms with E-state index in [0.717, 1.165) is 28.9 Å². The predicted molar refractivity (Wildman–Crippen MR) is 82.6 cm³/mol. The lowest BCUT2D eigenvalue weighted by Gasteiger charge is -2.25. The molecule has 104 valence electrons. The quantitative estimate of drug-likeness (QED) is 0.579. The fourth-order valence-corrected chi connectivity index (χ4v) is 2.68. The van der Waals surface area contributed by atoms with E-state index in [4.69, 9.17) is 5.84 Å². The van der Waals surface area contributed by atoms with Crippen molar-refractivity contribution in [3.63, 3.8) is 0 Å². The zero-order valence-electron chi connectivity index (χ0n) is 11.9. The minimum Gasteiger partial charge on any atom is -0.364 e. The van der Waals surface area contributed by atoms with Crippen molar-refractivity contribution >= 4 is 33.3 Å². The number of fused-ring (bicyclic) bond motifs is 1. The monoisotopic (exact) mass is 279 g/mol. The van der Waals surface area contributed by atoms with E-state index in [2.05, 4.69) is 54.5 Å². The van der Waals surface area contributed by atoms with Crippen molar-refractivity contribution in [1.29, 1.82) is 0 Å². The molecule has 0 saturated carbocycles. The third-order valence-electron chi connectivity index (χ3n) is 3.26. The Kier molecular flexibility index (Phi) is 3.91. The molecule has 0 atom stereocenters. The van der Waals surface area contributed by atoms with E-state index < -0.39 is 0 Å². The minimum absolute atomic E-state index is 0.0124. The summed E-state index contributed by atoms with van der Waals surface area (Å²) in [6.07, 6.45) is 2.01. The number of nitrogens with zero attached hydrogens (tertiary/aromatic N) is 2. The summed E-state index contributed by atoms with van der Waals surface area (Å²) in [5.41, 5.74) is 2.52. The number of aromatic nitrogens is 2. The Hall–Kier alpha value is -1.40. The first-order valence-corrected chi connectivity index (χ1v) is 7.36. The lowest BCUT2D eigenvalue weighted by Crippen LogP contribution is -2.30. The van der Waals surface area contributed by atoms with Gasteiger partial charge in [-0.05, 0) is 32.8 Å². The number of nitrogens with two attached hydrogens (primary N) is 1. The molecule has 2 rings (SSSR count). The second-order valence-electron chi connectivity index (χ2n) is 5.19. The predicted octanol–water partition coefficient (Wildman–Crippen LogP) is 3.14. The Morgan fingerprint density at radius 2 is 2.05 bits per heavy atom. The van der Waals surface area contributed by atoms with Crippen molar-refractivity contribution in [3.8, 4) is 0 Å². The minimum atomic E-state index is -0.0124. The van der Waals surface area contributed by atoms with Gasteiger partial charge in [0.25, 0.3) is 0 Å². The van der Waals surface area contributed by atoms with Crippen LogP contribution in [0.2, 0.25) is 0 Å².